The van der Waals surface area contributed by atoms with Gasteiger partial charge in [0.2, 0.25) is 5.43 Å². The number of hydrogen-bond acceptors (Lipinski definition) is 17. The number of aliphatic hydroxyl groups excluding tert-OH is 2. The van der Waals surface area contributed by atoms with Gasteiger partial charge in [0.05, 0.1) is 53.2 Å². The van der Waals surface area contributed by atoms with Gasteiger partial charge in [0.25, 0.3) is 0 Å². The molecule has 3 fully saturated rings. The smallest absolute Gasteiger partial charge is 0.341 e. The van der Waals surface area contributed by atoms with Gasteiger partial charge in [-0.3, -0.25) is 14.4 Å². The van der Waals surface area contributed by atoms with E-state index in [2.05, 4.69) is 0 Å². The highest BCUT2D eigenvalue weighted by Crippen LogP contribution is 2.42. The maximum atomic E-state index is 14.6. The Kier molecular flexibility index (Phi) is 22.0. The number of fused-ring (bicyclic) bond motifs is 1. The summed E-state index contributed by atoms with van der Waals surface area (Å²) in [5.41, 5.74) is -3.38. The summed E-state index contributed by atoms with van der Waals surface area (Å²) in [7, 11) is 6.87. The quantitative estimate of drug-likeness (QED) is 0.0998. The van der Waals surface area contributed by atoms with E-state index < -0.39 is 113 Å². The Labute approximate surface area is 443 Å². The van der Waals surface area contributed by atoms with Crippen LogP contribution >= 0.6 is 0 Å². The van der Waals surface area contributed by atoms with Gasteiger partial charge < -0.3 is 72.5 Å². The first-order valence-corrected chi connectivity index (χ1v) is 27.0. The molecule has 0 bridgehead atoms. The lowest BCUT2D eigenvalue weighted by Gasteiger charge is -2.50. The van der Waals surface area contributed by atoms with Gasteiger partial charge in [0, 0.05) is 82.4 Å². The number of rotatable bonds is 19. The molecule has 18 atom stereocenters. The molecule has 0 unspecified atom stereocenters. The third-order valence-corrected chi connectivity index (χ3v) is 16.4. The Morgan fingerprint density at radius 1 is 0.867 bits per heavy atom. The summed E-state index contributed by atoms with van der Waals surface area (Å²) in [4.78, 5) is 55.4. The molecule has 2 aromatic rings. The number of aromatic carboxylic acids is 1. The van der Waals surface area contributed by atoms with E-state index in [9.17, 15) is 39.6 Å². The van der Waals surface area contributed by atoms with Gasteiger partial charge in [0.15, 0.2) is 12.6 Å². The summed E-state index contributed by atoms with van der Waals surface area (Å²) in [5, 5.41) is 45.2. The minimum absolute atomic E-state index is 0.0878. The van der Waals surface area contributed by atoms with Crippen LogP contribution in [-0.4, -0.2) is 180 Å². The molecule has 3 saturated heterocycles. The van der Waals surface area contributed by atoms with Crippen molar-refractivity contribution in [1.29, 1.82) is 0 Å². The minimum Gasteiger partial charge on any atom is -0.477 e. The van der Waals surface area contributed by atoms with Gasteiger partial charge in [-0.2, -0.15) is 0 Å². The molecule has 0 saturated carbocycles. The van der Waals surface area contributed by atoms with Crippen molar-refractivity contribution in [3.8, 4) is 0 Å². The zero-order valence-corrected chi connectivity index (χ0v) is 47.2. The molecule has 0 spiro atoms. The molecule has 4 heterocycles. The Hall–Kier alpha value is -3.44. The third-order valence-electron chi connectivity index (χ3n) is 16.4. The molecule has 4 N–H and O–H groups in total. The summed E-state index contributed by atoms with van der Waals surface area (Å²) in [6, 6.07) is 5.26. The molecule has 19 nitrogen and oxygen atoms in total. The first kappa shape index (κ1) is 62.4. The molecule has 1 aromatic heterocycles. The zero-order chi connectivity index (χ0) is 55.9. The Morgan fingerprint density at radius 2 is 1.52 bits per heavy atom. The second-order valence-electron chi connectivity index (χ2n) is 22.4. The third kappa shape index (κ3) is 14.3. The fraction of sp³-hybridized carbons (Fsp3) is 0.786. The number of Topliss-reactive ketones (excluding diaryl/α,β-unsaturated/α-hetero) is 1. The predicted octanol–water partition coefficient (Wildman–Crippen LogP) is 5.54. The van der Waals surface area contributed by atoms with E-state index in [1.165, 1.54) is 20.2 Å². The van der Waals surface area contributed by atoms with Crippen molar-refractivity contribution in [2.24, 2.45) is 23.7 Å². The maximum absolute atomic E-state index is 14.6. The number of esters is 1. The fourth-order valence-corrected chi connectivity index (χ4v) is 11.8. The number of hydrogen-bond donors (Lipinski definition) is 4. The van der Waals surface area contributed by atoms with Gasteiger partial charge in [0.1, 0.15) is 35.3 Å². The zero-order valence-electron chi connectivity index (χ0n) is 47.2. The number of carboxylic acids is 1. The molecule has 426 valence electrons. The highest BCUT2D eigenvalue weighted by Gasteiger charge is 2.54. The van der Waals surface area contributed by atoms with Crippen molar-refractivity contribution in [2.75, 3.05) is 48.1 Å². The summed E-state index contributed by atoms with van der Waals surface area (Å²) in [6.45, 7) is 21.1. The molecule has 0 radical (unpaired) electrons. The molecular weight excluding hydrogens is 973 g/mol. The number of aliphatic hydroxyl groups is 3. The van der Waals surface area contributed by atoms with Crippen molar-refractivity contribution in [2.45, 2.75) is 212 Å². The number of likely N-dealkylation sites (N-methyl/N-ethyl adjacent to an activating group) is 1. The highest BCUT2D eigenvalue weighted by atomic mass is 16.7. The summed E-state index contributed by atoms with van der Waals surface area (Å²) >= 11 is 0. The van der Waals surface area contributed by atoms with Crippen LogP contribution in [0.1, 0.15) is 131 Å². The number of cyclic esters (lactones) is 1. The van der Waals surface area contributed by atoms with E-state index in [-0.39, 0.29) is 42.8 Å². The van der Waals surface area contributed by atoms with Crippen molar-refractivity contribution < 1.29 is 77.4 Å². The number of carbonyl (C=O) groups excluding carboxylic acids is 2. The normalized spacial score (nSPS) is 37.6. The summed E-state index contributed by atoms with van der Waals surface area (Å²) in [5.74, 6) is -5.88. The van der Waals surface area contributed by atoms with E-state index in [1.807, 2.05) is 72.7 Å². The minimum atomic E-state index is -2.00. The molecule has 75 heavy (non-hydrogen) atoms. The SMILES string of the molecule is CC[C@@H]1OC(=O)[C@H](C)[C@H](O[C@@H]2C[C@](C)(OC)[C@H](OCCCOCCCc3ccc4c(c3)c(=O)c(C(=O)O)cn4CC)[C@H](C)O2)[C@@H](C)[C@H](O[C@H]2O[C@@H](C)C[C@@H](N(C)C)[C@H]2O)[C@](C)(OC)C[C@H](C)C(=O)[C@H](C)[C@H](O)[C@@]1(C)O. The molecule has 0 amide bonds. The summed E-state index contributed by atoms with van der Waals surface area (Å²) in [6.07, 6.45) is -5.17. The Bertz CT molecular complexity index is 2270. The van der Waals surface area contributed by atoms with Crippen LogP contribution in [0.2, 0.25) is 0 Å². The van der Waals surface area contributed by atoms with Crippen LogP contribution in [0.25, 0.3) is 10.9 Å². The lowest BCUT2D eigenvalue weighted by molar-refractivity contribution is -0.322. The van der Waals surface area contributed by atoms with Crippen LogP contribution in [-0.2, 0) is 65.2 Å². The van der Waals surface area contributed by atoms with Crippen LogP contribution in [0.4, 0.5) is 0 Å². The number of carbonyl (C=O) groups is 3. The lowest BCUT2D eigenvalue weighted by Crippen LogP contribution is -2.61. The molecular formula is C56H90N2O17. The number of aryl methyl sites for hydroxylation is 2. The second kappa shape index (κ2) is 26.5. The van der Waals surface area contributed by atoms with Crippen molar-refractivity contribution in [1.82, 2.24) is 9.47 Å². The van der Waals surface area contributed by atoms with E-state index in [0.29, 0.717) is 63.0 Å². The van der Waals surface area contributed by atoms with Crippen molar-refractivity contribution in [3.05, 3.63) is 45.7 Å². The Morgan fingerprint density at radius 3 is 2.13 bits per heavy atom. The molecule has 3 aliphatic heterocycles. The van der Waals surface area contributed by atoms with Gasteiger partial charge >= 0.3 is 11.9 Å². The highest BCUT2D eigenvalue weighted by molar-refractivity contribution is 5.92. The number of pyridine rings is 1. The summed E-state index contributed by atoms with van der Waals surface area (Å²) < 4.78 is 59.7. The maximum Gasteiger partial charge on any atom is 0.341 e. The average Bonchev–Trinajstić information content (AvgIpc) is 3.36. The van der Waals surface area contributed by atoms with Gasteiger partial charge in [-0.15, -0.1) is 0 Å². The Balaban J connectivity index is 1.33. The number of ether oxygens (including phenoxy) is 9. The monoisotopic (exact) mass is 1060 g/mol. The van der Waals surface area contributed by atoms with Crippen molar-refractivity contribution >= 4 is 28.6 Å². The molecule has 19 heteroatoms. The van der Waals surface area contributed by atoms with Gasteiger partial charge in [-0.1, -0.05) is 33.8 Å². The first-order chi connectivity index (χ1) is 35.2. The van der Waals surface area contributed by atoms with Crippen LogP contribution in [0.15, 0.2) is 29.2 Å². The van der Waals surface area contributed by atoms with Crippen LogP contribution in [0, 0.1) is 23.7 Å². The number of methoxy groups -OCH3 is 2. The molecule has 5 rings (SSSR count). The average molecular weight is 1060 g/mol. The molecule has 0 aliphatic carbocycles. The van der Waals surface area contributed by atoms with Gasteiger partial charge in [-0.05, 0) is 119 Å². The van der Waals surface area contributed by atoms with E-state index in [0.717, 1.165) is 5.56 Å². The number of carboxylic acid groups (broad SMARTS) is 1. The molecule has 3 aliphatic rings. The van der Waals surface area contributed by atoms with Crippen LogP contribution < -0.4 is 5.43 Å². The van der Waals surface area contributed by atoms with Crippen LogP contribution in [0.3, 0.4) is 0 Å². The van der Waals surface area contributed by atoms with E-state index in [4.69, 9.17) is 42.6 Å². The molecule has 1 aromatic carbocycles. The largest absolute Gasteiger partial charge is 0.477 e. The van der Waals surface area contributed by atoms with E-state index >= 15 is 0 Å². The van der Waals surface area contributed by atoms with E-state index in [1.54, 1.807) is 45.4 Å². The standard InChI is InChI=1S/C56H90N2O17/c1-16-42-56(11,66)48(62)33(5)44(59)31(3)28-54(9,67-14)49(75-53-46(61)41(57(12)13)26-32(4)71-53)34(6)47(35(7)52(65)73-42)74-43-29-55(10,68-15)50(36(8)72-43)70-25-19-24-69-23-18-20-37-21-22-40-38(27-37)45(60)39(51(63)64)30-58(40)17-2/h21-22,27,30-36,41-43,46-50,53,61-62,66H,16-20,23-26,28-29H2,1-15H3,(H,63,64)/t31-,32-,33-,34+,35+,36-,41+,42-,43+,46+,47+,48-,49-,50+,53+,54+,55-,56-/m0/s1. The van der Waals surface area contributed by atoms with Gasteiger partial charge in [-0.25, -0.2) is 4.79 Å². The van der Waals surface area contributed by atoms with Crippen LogP contribution in [0.5, 0.6) is 0 Å². The predicted molar refractivity (Wildman–Crippen MR) is 279 cm³/mol. The second-order valence-corrected chi connectivity index (χ2v) is 22.4. The number of aromatic nitrogens is 1. The topological polar surface area (TPSA) is 240 Å². The van der Waals surface area contributed by atoms with Crippen molar-refractivity contribution in [3.63, 3.8) is 0 Å². The first-order valence-electron chi connectivity index (χ1n) is 27.0. The fourth-order valence-electron chi connectivity index (χ4n) is 11.8. The number of nitrogens with zero attached hydrogens (tertiary/aromatic N) is 2. The number of benzene rings is 1. The number of ketones is 1. The lowest BCUT2D eigenvalue weighted by atomic mass is 9.74.